The molecule has 0 bridgehead atoms. The van der Waals surface area contributed by atoms with Gasteiger partial charge in [0.25, 0.3) is 0 Å². The smallest absolute Gasteiger partial charge is 0.146 e. The maximum absolute atomic E-state index is 9.16. The van der Waals surface area contributed by atoms with Gasteiger partial charge in [-0.25, -0.2) is 0 Å². The van der Waals surface area contributed by atoms with Crippen LogP contribution < -0.4 is 10.1 Å². The first-order valence-electron chi connectivity index (χ1n) is 5.55. The Morgan fingerprint density at radius 2 is 2.00 bits per heavy atom. The molecule has 0 amide bonds. The highest BCUT2D eigenvalue weighted by molar-refractivity contribution is 5.49. The fraction of sp³-hybridized carbons (Fsp3) is 0.462. The second-order valence-electron chi connectivity index (χ2n) is 3.93. The fourth-order valence-corrected chi connectivity index (χ4v) is 1.40. The van der Waals surface area contributed by atoms with Crippen LogP contribution in [0.15, 0.2) is 24.3 Å². The van der Waals surface area contributed by atoms with E-state index >= 15 is 0 Å². The van der Waals surface area contributed by atoms with E-state index < -0.39 is 5.54 Å². The zero-order valence-corrected chi connectivity index (χ0v) is 10.5. The van der Waals surface area contributed by atoms with Crippen LogP contribution >= 0.6 is 0 Å². The minimum Gasteiger partial charge on any atom is -0.497 e. The Kier molecular flexibility index (Phi) is 4.80. The van der Waals surface area contributed by atoms with Crippen LogP contribution in [0.4, 0.5) is 5.69 Å². The van der Waals surface area contributed by atoms with Gasteiger partial charge in [-0.2, -0.15) is 5.26 Å². The molecule has 0 saturated carbocycles. The van der Waals surface area contributed by atoms with Crippen LogP contribution in [-0.2, 0) is 4.74 Å². The van der Waals surface area contributed by atoms with E-state index in [2.05, 4.69) is 11.4 Å². The number of benzene rings is 1. The molecule has 1 unspecified atom stereocenters. The van der Waals surface area contributed by atoms with Crippen molar-refractivity contribution < 1.29 is 9.47 Å². The molecule has 0 aliphatic rings. The van der Waals surface area contributed by atoms with E-state index in [4.69, 9.17) is 14.7 Å². The highest BCUT2D eigenvalue weighted by atomic mass is 16.5. The molecule has 0 heterocycles. The first-order valence-corrected chi connectivity index (χ1v) is 5.55. The summed E-state index contributed by atoms with van der Waals surface area (Å²) in [6.45, 7) is 4.67. The molecule has 0 aromatic heterocycles. The third-order valence-electron chi connectivity index (χ3n) is 2.35. The first-order chi connectivity index (χ1) is 8.13. The summed E-state index contributed by atoms with van der Waals surface area (Å²) in [5, 5.41) is 12.3. The summed E-state index contributed by atoms with van der Waals surface area (Å²) < 4.78 is 10.4. The molecule has 4 heteroatoms. The van der Waals surface area contributed by atoms with Gasteiger partial charge in [0.2, 0.25) is 0 Å². The molecular weight excluding hydrogens is 216 g/mol. The van der Waals surface area contributed by atoms with Crippen LogP contribution in [0.3, 0.4) is 0 Å². The number of nitrogens with one attached hydrogen (secondary N) is 1. The number of methoxy groups -OCH3 is 1. The lowest BCUT2D eigenvalue weighted by molar-refractivity contribution is 0.125. The quantitative estimate of drug-likeness (QED) is 0.821. The van der Waals surface area contributed by atoms with E-state index in [0.717, 1.165) is 11.4 Å². The number of hydrogen-bond acceptors (Lipinski definition) is 4. The van der Waals surface area contributed by atoms with E-state index in [1.807, 2.05) is 38.1 Å². The lowest BCUT2D eigenvalue weighted by Crippen LogP contribution is -2.38. The molecule has 92 valence electrons. The Morgan fingerprint density at radius 1 is 1.35 bits per heavy atom. The van der Waals surface area contributed by atoms with Gasteiger partial charge in [0.05, 0.1) is 19.8 Å². The molecule has 1 aromatic rings. The molecule has 0 saturated heterocycles. The summed E-state index contributed by atoms with van der Waals surface area (Å²) in [6.07, 6.45) is 0. The van der Waals surface area contributed by atoms with Gasteiger partial charge in [-0.3, -0.25) is 0 Å². The monoisotopic (exact) mass is 234 g/mol. The third-order valence-corrected chi connectivity index (χ3v) is 2.35. The topological polar surface area (TPSA) is 54.3 Å². The van der Waals surface area contributed by atoms with Crippen molar-refractivity contribution >= 4 is 5.69 Å². The summed E-state index contributed by atoms with van der Waals surface area (Å²) in [7, 11) is 1.62. The van der Waals surface area contributed by atoms with Gasteiger partial charge in [-0.05, 0) is 38.1 Å². The minimum absolute atomic E-state index is 0.353. The van der Waals surface area contributed by atoms with Gasteiger partial charge in [0.15, 0.2) is 0 Å². The number of nitriles is 1. The summed E-state index contributed by atoms with van der Waals surface area (Å²) in [6, 6.07) is 9.67. The van der Waals surface area contributed by atoms with Crippen molar-refractivity contribution in [2.45, 2.75) is 19.4 Å². The van der Waals surface area contributed by atoms with Crippen molar-refractivity contribution in [2.75, 3.05) is 25.6 Å². The molecule has 0 fully saturated rings. The van der Waals surface area contributed by atoms with Crippen molar-refractivity contribution in [3.05, 3.63) is 24.3 Å². The van der Waals surface area contributed by atoms with Crippen molar-refractivity contribution in [2.24, 2.45) is 0 Å². The standard InChI is InChI=1S/C13H18N2O2/c1-4-17-10-13(2,9-14)15-11-5-7-12(16-3)8-6-11/h5-8,15H,4,10H2,1-3H3. The van der Waals surface area contributed by atoms with Crippen LogP contribution in [0.5, 0.6) is 5.75 Å². The Bertz CT molecular complexity index is 383. The Balaban J connectivity index is 2.70. The van der Waals surface area contributed by atoms with Crippen LogP contribution in [0.2, 0.25) is 0 Å². The number of nitrogens with zero attached hydrogens (tertiary/aromatic N) is 1. The maximum atomic E-state index is 9.16. The molecule has 0 aliphatic heterocycles. The molecule has 4 nitrogen and oxygen atoms in total. The van der Waals surface area contributed by atoms with E-state index in [1.165, 1.54) is 0 Å². The molecule has 17 heavy (non-hydrogen) atoms. The lowest BCUT2D eigenvalue weighted by atomic mass is 10.1. The van der Waals surface area contributed by atoms with Crippen LogP contribution in [0.25, 0.3) is 0 Å². The average molecular weight is 234 g/mol. The zero-order valence-electron chi connectivity index (χ0n) is 10.5. The first kappa shape index (κ1) is 13.3. The Labute approximate surface area is 102 Å². The second kappa shape index (κ2) is 6.12. The number of hydrogen-bond donors (Lipinski definition) is 1. The number of ether oxygens (including phenoxy) is 2. The molecule has 1 N–H and O–H groups in total. The molecule has 0 radical (unpaired) electrons. The van der Waals surface area contributed by atoms with E-state index in [-0.39, 0.29) is 0 Å². The van der Waals surface area contributed by atoms with Crippen LogP contribution in [0, 0.1) is 11.3 Å². The van der Waals surface area contributed by atoms with E-state index in [1.54, 1.807) is 7.11 Å². The Hall–Kier alpha value is -1.73. The van der Waals surface area contributed by atoms with Gasteiger partial charge in [-0.15, -0.1) is 0 Å². The fourth-order valence-electron chi connectivity index (χ4n) is 1.40. The van der Waals surface area contributed by atoms with Gasteiger partial charge in [-0.1, -0.05) is 0 Å². The van der Waals surface area contributed by atoms with Crippen LogP contribution in [0.1, 0.15) is 13.8 Å². The normalized spacial score (nSPS) is 13.5. The predicted molar refractivity (Wildman–Crippen MR) is 67.1 cm³/mol. The molecule has 1 atom stereocenters. The predicted octanol–water partition coefficient (Wildman–Crippen LogP) is 2.43. The van der Waals surface area contributed by atoms with Crippen molar-refractivity contribution in [1.82, 2.24) is 0 Å². The van der Waals surface area contributed by atoms with Crippen LogP contribution in [-0.4, -0.2) is 25.9 Å². The maximum Gasteiger partial charge on any atom is 0.146 e. The SMILES string of the molecule is CCOCC(C)(C#N)Nc1ccc(OC)cc1. The van der Waals surface area contributed by atoms with E-state index in [9.17, 15) is 0 Å². The lowest BCUT2D eigenvalue weighted by Gasteiger charge is -2.24. The summed E-state index contributed by atoms with van der Waals surface area (Å²) in [5.41, 5.74) is 0.152. The molecule has 1 rings (SSSR count). The van der Waals surface area contributed by atoms with Gasteiger partial charge >= 0.3 is 0 Å². The van der Waals surface area contributed by atoms with Crippen molar-refractivity contribution in [3.63, 3.8) is 0 Å². The minimum atomic E-state index is -0.718. The summed E-state index contributed by atoms with van der Waals surface area (Å²) in [4.78, 5) is 0. The molecule has 0 aliphatic carbocycles. The zero-order chi connectivity index (χ0) is 12.7. The van der Waals surface area contributed by atoms with Gasteiger partial charge in [0.1, 0.15) is 11.3 Å². The highest BCUT2D eigenvalue weighted by Crippen LogP contribution is 2.19. The average Bonchev–Trinajstić information content (AvgIpc) is 2.37. The van der Waals surface area contributed by atoms with Gasteiger partial charge in [0, 0.05) is 12.3 Å². The van der Waals surface area contributed by atoms with Crippen molar-refractivity contribution in [1.29, 1.82) is 5.26 Å². The van der Waals surface area contributed by atoms with E-state index in [0.29, 0.717) is 13.2 Å². The number of rotatable bonds is 6. The molecule has 1 aromatic carbocycles. The summed E-state index contributed by atoms with van der Waals surface area (Å²) in [5.74, 6) is 0.791. The second-order valence-corrected chi connectivity index (χ2v) is 3.93. The summed E-state index contributed by atoms with van der Waals surface area (Å²) >= 11 is 0. The Morgan fingerprint density at radius 3 is 2.47 bits per heavy atom. The molecule has 0 spiro atoms. The van der Waals surface area contributed by atoms with Gasteiger partial charge < -0.3 is 14.8 Å². The largest absolute Gasteiger partial charge is 0.497 e. The van der Waals surface area contributed by atoms with Crippen molar-refractivity contribution in [3.8, 4) is 11.8 Å². The molecular formula is C13H18N2O2. The third kappa shape index (κ3) is 3.97. The number of anilines is 1. The highest BCUT2D eigenvalue weighted by Gasteiger charge is 2.23.